The highest BCUT2D eigenvalue weighted by molar-refractivity contribution is 9.11. The molecule has 1 N–H and O–H groups in total. The Balaban J connectivity index is 4.83. The third kappa shape index (κ3) is 5.55. The highest BCUT2D eigenvalue weighted by Crippen LogP contribution is 2.38. The van der Waals surface area contributed by atoms with Gasteiger partial charge in [0.05, 0.1) is 6.10 Å². The average Bonchev–Trinajstić information content (AvgIpc) is 2.21. The van der Waals surface area contributed by atoms with Gasteiger partial charge in [0, 0.05) is 4.48 Å². The van der Waals surface area contributed by atoms with E-state index < -0.39 is 14.4 Å². The molecule has 4 heteroatoms. The van der Waals surface area contributed by atoms with Crippen LogP contribution >= 0.6 is 15.9 Å². The molecule has 0 heterocycles. The topological polar surface area (TPSA) is 29.5 Å². The number of aliphatic hydroxyl groups is 1. The first kappa shape index (κ1) is 18.4. The number of hydrogen-bond acceptors (Lipinski definition) is 2. The van der Waals surface area contributed by atoms with Crippen LogP contribution in [0, 0.1) is 0 Å². The molecule has 0 aliphatic heterocycles. The van der Waals surface area contributed by atoms with E-state index in [0.717, 1.165) is 19.3 Å². The molecule has 0 saturated heterocycles. The normalized spacial score (nSPS) is 16.4. The third-order valence-electron chi connectivity index (χ3n) is 3.77. The van der Waals surface area contributed by atoms with Crippen molar-refractivity contribution in [3.63, 3.8) is 0 Å². The lowest BCUT2D eigenvalue weighted by atomic mass is 10.1. The smallest absolute Gasteiger partial charge is 0.192 e. The van der Waals surface area contributed by atoms with Gasteiger partial charge in [0.2, 0.25) is 0 Å². The van der Waals surface area contributed by atoms with Crippen LogP contribution in [0.5, 0.6) is 0 Å². The largest absolute Gasteiger partial charge is 0.411 e. The number of rotatable bonds is 7. The van der Waals surface area contributed by atoms with Crippen molar-refractivity contribution in [2.45, 2.75) is 77.3 Å². The summed E-state index contributed by atoms with van der Waals surface area (Å²) in [6.45, 7) is 17.0. The van der Waals surface area contributed by atoms with Crippen LogP contribution in [-0.4, -0.2) is 25.6 Å². The predicted octanol–water partition coefficient (Wildman–Crippen LogP) is 4.84. The van der Waals surface area contributed by atoms with E-state index in [2.05, 4.69) is 63.3 Å². The molecule has 0 spiro atoms. The molecule has 0 radical (unpaired) electrons. The van der Waals surface area contributed by atoms with E-state index in [1.807, 2.05) is 0 Å². The lowest BCUT2D eigenvalue weighted by molar-refractivity contribution is 0.0483. The lowest BCUT2D eigenvalue weighted by Gasteiger charge is -2.40. The Bertz CT molecular complexity index is 271. The Morgan fingerprint density at radius 2 is 1.89 bits per heavy atom. The van der Waals surface area contributed by atoms with Gasteiger partial charge in [-0.2, -0.15) is 0 Å². The summed E-state index contributed by atoms with van der Waals surface area (Å²) < 4.78 is 6.94. The molecule has 0 aromatic heterocycles. The van der Waals surface area contributed by atoms with Crippen molar-refractivity contribution < 1.29 is 9.53 Å². The van der Waals surface area contributed by atoms with Gasteiger partial charge < -0.3 is 9.53 Å². The summed E-state index contributed by atoms with van der Waals surface area (Å²) in [5.41, 5.74) is 0. The first-order valence-corrected chi connectivity index (χ1v) is 10.4. The van der Waals surface area contributed by atoms with Gasteiger partial charge in [0.15, 0.2) is 8.32 Å². The molecule has 2 atom stereocenters. The summed E-state index contributed by atoms with van der Waals surface area (Å²) in [5.74, 6) is 0. The van der Waals surface area contributed by atoms with Crippen LogP contribution in [0.1, 0.15) is 47.0 Å². The summed E-state index contributed by atoms with van der Waals surface area (Å²) in [4.78, 5) is 0. The van der Waals surface area contributed by atoms with Crippen molar-refractivity contribution in [1.82, 2.24) is 0 Å². The maximum Gasteiger partial charge on any atom is 0.192 e. The van der Waals surface area contributed by atoms with E-state index >= 15 is 0 Å². The van der Waals surface area contributed by atoms with Gasteiger partial charge in [-0.15, -0.1) is 0 Å². The second-order valence-corrected chi connectivity index (χ2v) is 12.2. The van der Waals surface area contributed by atoms with Gasteiger partial charge in [0.25, 0.3) is 0 Å². The van der Waals surface area contributed by atoms with Crippen LogP contribution in [0.15, 0.2) is 11.1 Å². The number of halogens is 1. The van der Waals surface area contributed by atoms with E-state index in [1.54, 1.807) is 0 Å². The summed E-state index contributed by atoms with van der Waals surface area (Å²) in [5, 5.41) is 10.4. The molecule has 0 unspecified atom stereocenters. The van der Waals surface area contributed by atoms with Gasteiger partial charge in [-0.1, -0.05) is 63.0 Å². The molecular formula is C14H29BrO2Si. The summed E-state index contributed by atoms with van der Waals surface area (Å²) in [6, 6.07) is 0. The van der Waals surface area contributed by atoms with E-state index in [9.17, 15) is 5.11 Å². The summed E-state index contributed by atoms with van der Waals surface area (Å²) >= 11 is 3.28. The molecule has 0 bridgehead atoms. The average molecular weight is 337 g/mol. The minimum atomic E-state index is -1.85. The zero-order chi connectivity index (χ0) is 14.6. The van der Waals surface area contributed by atoms with Gasteiger partial charge in [-0.25, -0.2) is 0 Å². The van der Waals surface area contributed by atoms with Gasteiger partial charge in [-0.3, -0.25) is 0 Å². The number of hydrogen-bond donors (Lipinski definition) is 1. The molecule has 0 aromatic rings. The quantitative estimate of drug-likeness (QED) is 0.674. The molecule has 0 fully saturated rings. The van der Waals surface area contributed by atoms with Gasteiger partial charge in [-0.05, 0) is 24.6 Å². The zero-order valence-electron chi connectivity index (χ0n) is 12.7. The Kier molecular flexibility index (Phi) is 7.37. The van der Waals surface area contributed by atoms with Gasteiger partial charge >= 0.3 is 0 Å². The molecule has 0 aliphatic rings. The number of aliphatic hydroxyl groups excluding tert-OH is 1. The van der Waals surface area contributed by atoms with E-state index in [0.29, 0.717) is 4.48 Å². The van der Waals surface area contributed by atoms with E-state index in [-0.39, 0.29) is 11.1 Å². The van der Waals surface area contributed by atoms with E-state index in [1.165, 1.54) is 0 Å². The van der Waals surface area contributed by atoms with Crippen LogP contribution < -0.4 is 0 Å². The Morgan fingerprint density at radius 1 is 1.39 bits per heavy atom. The molecule has 0 rings (SSSR count). The van der Waals surface area contributed by atoms with Crippen LogP contribution in [0.2, 0.25) is 18.1 Å². The minimum Gasteiger partial charge on any atom is -0.411 e. The van der Waals surface area contributed by atoms with Crippen molar-refractivity contribution in [3.8, 4) is 0 Å². The number of unbranched alkanes of at least 4 members (excludes halogenated alkanes) is 1. The summed E-state index contributed by atoms with van der Waals surface area (Å²) in [7, 11) is -1.85. The zero-order valence-corrected chi connectivity index (χ0v) is 15.3. The second-order valence-electron chi connectivity index (χ2n) is 6.45. The fraction of sp³-hybridized carbons (Fsp3) is 0.857. The van der Waals surface area contributed by atoms with Crippen molar-refractivity contribution in [2.24, 2.45) is 0 Å². The summed E-state index contributed by atoms with van der Waals surface area (Å²) in [6.07, 6.45) is 2.30. The molecule has 0 aliphatic carbocycles. The highest BCUT2D eigenvalue weighted by atomic mass is 79.9. The third-order valence-corrected chi connectivity index (χ3v) is 8.74. The highest BCUT2D eigenvalue weighted by Gasteiger charge is 2.40. The molecule has 0 saturated carbocycles. The maximum absolute atomic E-state index is 10.2. The molecule has 2 nitrogen and oxygen atoms in total. The SMILES string of the molecule is C=C(Br)[C@@H](O)[C@H](CCCC)O[Si](C)(C)C(C)(C)C. The van der Waals surface area contributed by atoms with Crippen LogP contribution in [-0.2, 0) is 4.43 Å². The van der Waals surface area contributed by atoms with Crippen molar-refractivity contribution in [3.05, 3.63) is 11.1 Å². The monoisotopic (exact) mass is 336 g/mol. The van der Waals surface area contributed by atoms with Crippen molar-refractivity contribution >= 4 is 24.2 Å². The Morgan fingerprint density at radius 3 is 2.22 bits per heavy atom. The fourth-order valence-electron chi connectivity index (χ4n) is 1.44. The van der Waals surface area contributed by atoms with Crippen molar-refractivity contribution in [2.75, 3.05) is 0 Å². The molecule has 18 heavy (non-hydrogen) atoms. The predicted molar refractivity (Wildman–Crippen MR) is 85.7 cm³/mol. The van der Waals surface area contributed by atoms with Crippen LogP contribution in [0.25, 0.3) is 0 Å². The van der Waals surface area contributed by atoms with Crippen LogP contribution in [0.4, 0.5) is 0 Å². The fourth-order valence-corrected chi connectivity index (χ4v) is 3.10. The van der Waals surface area contributed by atoms with Gasteiger partial charge in [0.1, 0.15) is 6.10 Å². The minimum absolute atomic E-state index is 0.141. The molecule has 0 aromatic carbocycles. The van der Waals surface area contributed by atoms with E-state index in [4.69, 9.17) is 4.43 Å². The first-order chi connectivity index (χ1) is 8.03. The van der Waals surface area contributed by atoms with Crippen molar-refractivity contribution in [1.29, 1.82) is 0 Å². The second kappa shape index (κ2) is 7.22. The Hall–Kier alpha value is 0.357. The molecule has 108 valence electrons. The molecule has 0 amide bonds. The lowest BCUT2D eigenvalue weighted by Crippen LogP contribution is -2.47. The molecular weight excluding hydrogens is 308 g/mol. The first-order valence-electron chi connectivity index (χ1n) is 6.73. The maximum atomic E-state index is 10.2. The standard InChI is InChI=1S/C14H29BrO2Si/c1-8-9-10-12(13(16)11(2)15)17-18(6,7)14(3,4)5/h12-13,16H,2,8-10H2,1,3-7H3/t12-,13+/m0/s1. The van der Waals surface area contributed by atoms with Crippen LogP contribution in [0.3, 0.4) is 0 Å². The Labute approximate surface area is 122 Å².